The number of thiazole rings is 1. The molecule has 0 bridgehead atoms. The van der Waals surface area contributed by atoms with Crippen molar-refractivity contribution < 1.29 is 22.9 Å². The van der Waals surface area contributed by atoms with Crippen LogP contribution in [0.15, 0.2) is 48.9 Å². The molecule has 4 rings (SSSR count). The van der Waals surface area contributed by atoms with E-state index in [0.717, 1.165) is 15.8 Å². The predicted molar refractivity (Wildman–Crippen MR) is 176 cm³/mol. The number of halogens is 6. The summed E-state index contributed by atoms with van der Waals surface area (Å²) in [6.45, 7) is 2.53. The van der Waals surface area contributed by atoms with Crippen LogP contribution >= 0.6 is 88.8 Å². The number of fused-ring (bicyclic) bond motifs is 1. The van der Waals surface area contributed by atoms with Gasteiger partial charge in [0, 0.05) is 36.3 Å². The summed E-state index contributed by atoms with van der Waals surface area (Å²) in [6, 6.07) is 9.00. The van der Waals surface area contributed by atoms with E-state index in [2.05, 4.69) is 30.6 Å². The lowest BCUT2D eigenvalue weighted by atomic mass is 10.0. The van der Waals surface area contributed by atoms with E-state index in [1.54, 1.807) is 18.6 Å². The van der Waals surface area contributed by atoms with Crippen molar-refractivity contribution in [2.75, 3.05) is 25.1 Å². The van der Waals surface area contributed by atoms with Gasteiger partial charge in [-0.3, -0.25) is 23.9 Å². The van der Waals surface area contributed by atoms with Crippen LogP contribution in [0.4, 0.5) is 9.93 Å². The van der Waals surface area contributed by atoms with Gasteiger partial charge in [0.2, 0.25) is 7.59 Å². The van der Waals surface area contributed by atoms with Gasteiger partial charge in [0.25, 0.3) is 0 Å². The van der Waals surface area contributed by atoms with E-state index in [1.807, 2.05) is 37.3 Å². The van der Waals surface area contributed by atoms with Crippen LogP contribution in [-0.4, -0.2) is 53.3 Å². The maximum Gasteiger partial charge on any atom is 0.475 e. The van der Waals surface area contributed by atoms with Crippen molar-refractivity contribution in [1.29, 1.82) is 0 Å². The highest BCUT2D eigenvalue weighted by Crippen LogP contribution is 2.55. The molecule has 44 heavy (non-hydrogen) atoms. The van der Waals surface area contributed by atoms with Crippen molar-refractivity contribution in [2.45, 2.75) is 27.5 Å². The van der Waals surface area contributed by atoms with Crippen molar-refractivity contribution in [1.82, 2.24) is 25.3 Å². The normalized spacial score (nSPS) is 13.2. The maximum absolute atomic E-state index is 13.3. The van der Waals surface area contributed by atoms with E-state index in [-0.39, 0.29) is 11.9 Å². The minimum Gasteiger partial charge on any atom is -0.338 e. The Morgan fingerprint density at radius 1 is 1.00 bits per heavy atom. The van der Waals surface area contributed by atoms with Gasteiger partial charge >= 0.3 is 13.9 Å². The van der Waals surface area contributed by atoms with E-state index < -0.39 is 34.7 Å². The van der Waals surface area contributed by atoms with Gasteiger partial charge in [0.1, 0.15) is 19.3 Å². The van der Waals surface area contributed by atoms with Crippen LogP contribution in [-0.2, 0) is 18.1 Å². The lowest BCUT2D eigenvalue weighted by molar-refractivity contribution is 0.0833. The third-order valence-electron chi connectivity index (χ3n) is 5.42. The Morgan fingerprint density at radius 2 is 1.66 bits per heavy atom. The van der Waals surface area contributed by atoms with Crippen LogP contribution in [0.1, 0.15) is 25.8 Å². The molecule has 0 aliphatic carbocycles. The molecule has 1 aromatic carbocycles. The number of rotatable bonds is 11. The summed E-state index contributed by atoms with van der Waals surface area (Å²) in [7, 11) is -4.42. The lowest BCUT2D eigenvalue weighted by Crippen LogP contribution is -2.28. The summed E-state index contributed by atoms with van der Waals surface area (Å²) >= 11 is 35.7. The van der Waals surface area contributed by atoms with Gasteiger partial charge in [-0.25, -0.2) is 24.3 Å². The van der Waals surface area contributed by atoms with Gasteiger partial charge in [-0.1, -0.05) is 87.0 Å². The van der Waals surface area contributed by atoms with Crippen LogP contribution in [0.2, 0.25) is 0 Å². The molecule has 3 aromatic heterocycles. The molecule has 0 spiro atoms. The zero-order chi connectivity index (χ0) is 32.1. The average molecular weight is 763 g/mol. The highest BCUT2D eigenvalue weighted by Gasteiger charge is 2.37. The predicted octanol–water partition coefficient (Wildman–Crippen LogP) is 8.92. The second kappa shape index (κ2) is 14.9. The summed E-state index contributed by atoms with van der Waals surface area (Å²) in [5.74, 6) is 0.136. The molecule has 11 nitrogen and oxygen atoms in total. The number of carbonyl (C=O) groups excluding carboxylic acids is 1. The van der Waals surface area contributed by atoms with Crippen LogP contribution in [0.3, 0.4) is 0 Å². The zero-order valence-corrected chi connectivity index (χ0v) is 29.0. The first-order valence-electron chi connectivity index (χ1n) is 12.6. The number of hydrogen-bond acceptors (Lipinski definition) is 10. The molecule has 4 aromatic rings. The Balaban J connectivity index is 1.62. The van der Waals surface area contributed by atoms with Gasteiger partial charge in [0.15, 0.2) is 11.0 Å². The van der Waals surface area contributed by atoms with Crippen LogP contribution in [0.5, 0.6) is 0 Å². The largest absolute Gasteiger partial charge is 0.475 e. The number of anilines is 1. The molecule has 0 aliphatic rings. The molecule has 0 aliphatic heterocycles. The van der Waals surface area contributed by atoms with E-state index in [1.165, 1.54) is 18.3 Å². The topological polar surface area (TPSA) is 137 Å². The number of pyridine rings is 1. The zero-order valence-electron chi connectivity index (χ0n) is 22.8. The molecule has 3 heterocycles. The van der Waals surface area contributed by atoms with Gasteiger partial charge < -0.3 is 5.32 Å². The Labute approximate surface area is 286 Å². The fourth-order valence-corrected chi connectivity index (χ4v) is 6.74. The van der Waals surface area contributed by atoms with Crippen molar-refractivity contribution in [3.63, 3.8) is 0 Å². The van der Waals surface area contributed by atoms with Crippen molar-refractivity contribution in [3.8, 4) is 22.4 Å². The summed E-state index contributed by atoms with van der Waals surface area (Å²) < 4.78 is 26.1. The second-order valence-electron chi connectivity index (χ2n) is 8.89. The average Bonchev–Trinajstić information content (AvgIpc) is 3.37. The molecule has 19 heteroatoms. The first-order chi connectivity index (χ1) is 20.6. The fraction of sp³-hybridized carbons (Fsp3) is 0.320. The molecule has 0 saturated heterocycles. The standard InChI is InChI=1S/C25H23Cl6N6O5PS/c1-3-32-22(38)37-23-36-19-9-15(8-17(20(19)44-23)18-6-4-5-7-33-18)16-10-34-21(35-11-16)14(2)42-43(39,40-12-24(26,27)28)41-13-25(29,30)31/h4-11,14H,3,12-13H2,1-2H3,(H2,32,36,37,38). The number of nitrogens with zero attached hydrogens (tertiary/aromatic N) is 4. The lowest BCUT2D eigenvalue weighted by Gasteiger charge is -2.24. The summed E-state index contributed by atoms with van der Waals surface area (Å²) in [6.07, 6.45) is 3.78. The van der Waals surface area contributed by atoms with E-state index >= 15 is 0 Å². The summed E-state index contributed by atoms with van der Waals surface area (Å²) in [4.78, 5) is 30.0. The monoisotopic (exact) mass is 760 g/mol. The molecule has 1 unspecified atom stereocenters. The van der Waals surface area contributed by atoms with Gasteiger partial charge in [0.05, 0.1) is 15.9 Å². The first-order valence-corrected chi connectivity index (χ1v) is 17.1. The molecule has 2 N–H and O–H groups in total. The van der Waals surface area contributed by atoms with Crippen molar-refractivity contribution >= 4 is 110 Å². The molecular formula is C25H23Cl6N6O5PS. The second-order valence-corrected chi connectivity index (χ2v) is 16.5. The number of phosphoric acid groups is 1. The minimum atomic E-state index is -4.42. The molecule has 0 fully saturated rings. The smallest absolute Gasteiger partial charge is 0.338 e. The van der Waals surface area contributed by atoms with Crippen molar-refractivity contribution in [3.05, 3.63) is 54.7 Å². The number of phosphoric ester groups is 1. The first kappa shape index (κ1) is 35.3. The SMILES string of the molecule is CCNC(=O)Nc1nc2cc(-c3cnc(C(C)OP(=O)(OCC(Cl)(Cl)Cl)OCC(Cl)(Cl)Cl)nc3)cc(-c3ccccn3)c2s1. The highest BCUT2D eigenvalue weighted by atomic mass is 35.6. The molecule has 1 atom stereocenters. The Bertz CT molecular complexity index is 1620. The number of urea groups is 1. The van der Waals surface area contributed by atoms with Crippen molar-refractivity contribution in [2.24, 2.45) is 0 Å². The molecule has 2 amide bonds. The van der Waals surface area contributed by atoms with Gasteiger partial charge in [-0.05, 0) is 43.7 Å². The van der Waals surface area contributed by atoms with Gasteiger partial charge in [-0.2, -0.15) is 0 Å². The molecule has 0 radical (unpaired) electrons. The van der Waals surface area contributed by atoms with Crippen LogP contribution < -0.4 is 10.6 Å². The number of benzene rings is 1. The number of alkyl halides is 6. The third-order valence-corrected chi connectivity index (χ3v) is 8.56. The number of amides is 2. The number of nitrogens with one attached hydrogen (secondary N) is 2. The number of aromatic nitrogens is 4. The van der Waals surface area contributed by atoms with E-state index in [9.17, 15) is 9.36 Å². The molecular weight excluding hydrogens is 740 g/mol. The Hall–Kier alpha value is -1.54. The van der Waals surface area contributed by atoms with Crippen LogP contribution in [0, 0.1) is 0 Å². The highest BCUT2D eigenvalue weighted by molar-refractivity contribution is 7.48. The maximum atomic E-state index is 13.3. The third kappa shape index (κ3) is 10.2. The fourth-order valence-electron chi connectivity index (χ4n) is 3.61. The number of carbonyl (C=O) groups is 1. The van der Waals surface area contributed by atoms with E-state index in [0.29, 0.717) is 28.5 Å². The Kier molecular flexibility index (Phi) is 12.0. The molecule has 0 saturated carbocycles. The van der Waals surface area contributed by atoms with Crippen LogP contribution in [0.25, 0.3) is 32.6 Å². The Morgan fingerprint density at radius 3 is 2.23 bits per heavy atom. The van der Waals surface area contributed by atoms with Gasteiger partial charge in [-0.15, -0.1) is 0 Å². The molecule has 236 valence electrons. The summed E-state index contributed by atoms with van der Waals surface area (Å²) in [5, 5.41) is 5.87. The minimum absolute atomic E-state index is 0.136. The van der Waals surface area contributed by atoms with E-state index in [4.69, 9.17) is 83.2 Å². The number of hydrogen-bond donors (Lipinski definition) is 2. The quantitative estimate of drug-likeness (QED) is 0.113. The summed E-state index contributed by atoms with van der Waals surface area (Å²) in [5.41, 5.74) is 3.52.